The highest BCUT2D eigenvalue weighted by atomic mass is 16.4. The van der Waals surface area contributed by atoms with Crippen molar-refractivity contribution in [2.45, 2.75) is 69.4 Å². The first-order chi connectivity index (χ1) is 10.1. The molecule has 0 aromatic carbocycles. The van der Waals surface area contributed by atoms with Crippen LogP contribution in [0.1, 0.15) is 68.7 Å². The van der Waals surface area contributed by atoms with Gasteiger partial charge in [-0.15, -0.1) is 0 Å². The lowest BCUT2D eigenvalue weighted by Crippen LogP contribution is -2.51. The predicted octanol–water partition coefficient (Wildman–Crippen LogP) is 3.77. The van der Waals surface area contributed by atoms with Gasteiger partial charge in [0.05, 0.1) is 12.7 Å². The largest absolute Gasteiger partial charge is 0.481 e. The third-order valence-corrected chi connectivity index (χ3v) is 5.50. The third kappa shape index (κ3) is 2.73. The first-order valence-electron chi connectivity index (χ1n) is 8.13. The Morgan fingerprint density at radius 2 is 2.14 bits per heavy atom. The normalized spacial score (nSPS) is 24.8. The van der Waals surface area contributed by atoms with E-state index in [9.17, 15) is 9.90 Å². The van der Waals surface area contributed by atoms with E-state index in [0.29, 0.717) is 6.04 Å². The maximum Gasteiger partial charge on any atom is 0.305 e. The lowest BCUT2D eigenvalue weighted by Gasteiger charge is -2.48. The van der Waals surface area contributed by atoms with Crippen LogP contribution in [0, 0.1) is 0 Å². The van der Waals surface area contributed by atoms with Gasteiger partial charge in [-0.1, -0.05) is 19.3 Å². The van der Waals surface area contributed by atoms with Gasteiger partial charge in [-0.3, -0.25) is 9.69 Å². The van der Waals surface area contributed by atoms with Gasteiger partial charge in [0.25, 0.3) is 0 Å². The molecule has 0 spiro atoms. The molecular formula is C17H25NO3. The first kappa shape index (κ1) is 14.6. The summed E-state index contributed by atoms with van der Waals surface area (Å²) in [4.78, 5) is 13.8. The number of nitrogens with zero attached hydrogens (tertiary/aromatic N) is 1. The number of aryl methyl sites for hydroxylation is 1. The van der Waals surface area contributed by atoms with E-state index in [0.717, 1.165) is 50.7 Å². The van der Waals surface area contributed by atoms with Gasteiger partial charge in [0, 0.05) is 23.6 Å². The monoisotopic (exact) mass is 291 g/mol. The van der Waals surface area contributed by atoms with E-state index in [4.69, 9.17) is 4.42 Å². The fraction of sp³-hybridized carbons (Fsp3) is 0.706. The average molecular weight is 291 g/mol. The van der Waals surface area contributed by atoms with Crippen LogP contribution in [0.15, 0.2) is 16.7 Å². The molecule has 1 heterocycles. The summed E-state index contributed by atoms with van der Waals surface area (Å²) in [6.45, 7) is 0. The zero-order valence-corrected chi connectivity index (χ0v) is 12.8. The Labute approximate surface area is 126 Å². The van der Waals surface area contributed by atoms with E-state index in [2.05, 4.69) is 18.0 Å². The van der Waals surface area contributed by atoms with Crippen molar-refractivity contribution in [1.82, 2.24) is 4.90 Å². The summed E-state index contributed by atoms with van der Waals surface area (Å²) in [6.07, 6.45) is 10.8. The SMILES string of the molecule is CN(C1CCCc2occc21)C1(CC(=O)O)CCCCC1. The second-order valence-electron chi connectivity index (χ2n) is 6.67. The maximum absolute atomic E-state index is 11.4. The third-order valence-electron chi connectivity index (χ3n) is 5.50. The average Bonchev–Trinajstić information content (AvgIpc) is 2.95. The second-order valence-corrected chi connectivity index (χ2v) is 6.67. The molecule has 1 saturated carbocycles. The van der Waals surface area contributed by atoms with Crippen LogP contribution >= 0.6 is 0 Å². The fourth-order valence-electron chi connectivity index (χ4n) is 4.34. The Hall–Kier alpha value is -1.29. The molecule has 1 N–H and O–H groups in total. The van der Waals surface area contributed by atoms with Crippen molar-refractivity contribution in [3.05, 3.63) is 23.7 Å². The van der Waals surface area contributed by atoms with Gasteiger partial charge in [-0.05, 0) is 38.8 Å². The van der Waals surface area contributed by atoms with E-state index < -0.39 is 5.97 Å². The zero-order valence-electron chi connectivity index (χ0n) is 12.8. The summed E-state index contributed by atoms with van der Waals surface area (Å²) in [6, 6.07) is 2.39. The van der Waals surface area contributed by atoms with Crippen molar-refractivity contribution >= 4 is 5.97 Å². The Morgan fingerprint density at radius 3 is 2.86 bits per heavy atom. The molecule has 0 amide bonds. The standard InChI is InChI=1S/C17H25NO3/c1-18(14-6-5-7-15-13(14)8-11-21-15)17(12-16(19)20)9-3-2-4-10-17/h8,11,14H,2-7,9-10,12H2,1H3,(H,19,20). The molecule has 0 radical (unpaired) electrons. The van der Waals surface area contributed by atoms with Gasteiger partial charge in [0.2, 0.25) is 0 Å². The van der Waals surface area contributed by atoms with Crippen molar-refractivity contribution in [1.29, 1.82) is 0 Å². The van der Waals surface area contributed by atoms with Gasteiger partial charge in [-0.25, -0.2) is 0 Å². The number of carbonyl (C=O) groups is 1. The molecule has 0 saturated heterocycles. The summed E-state index contributed by atoms with van der Waals surface area (Å²) >= 11 is 0. The van der Waals surface area contributed by atoms with E-state index in [1.165, 1.54) is 12.0 Å². The van der Waals surface area contributed by atoms with Crippen LogP contribution in [-0.2, 0) is 11.2 Å². The van der Waals surface area contributed by atoms with Crippen molar-refractivity contribution in [3.63, 3.8) is 0 Å². The summed E-state index contributed by atoms with van der Waals surface area (Å²) in [5.41, 5.74) is 1.10. The van der Waals surface area contributed by atoms with Crippen LogP contribution in [-0.4, -0.2) is 28.6 Å². The van der Waals surface area contributed by atoms with Gasteiger partial charge in [0.15, 0.2) is 0 Å². The van der Waals surface area contributed by atoms with Crippen molar-refractivity contribution in [2.75, 3.05) is 7.05 Å². The number of carboxylic acid groups (broad SMARTS) is 1. The lowest BCUT2D eigenvalue weighted by atomic mass is 9.76. The minimum absolute atomic E-state index is 0.180. The Kier molecular flexibility index (Phi) is 4.07. The van der Waals surface area contributed by atoms with E-state index in [-0.39, 0.29) is 12.0 Å². The van der Waals surface area contributed by atoms with Crippen LogP contribution in [0.5, 0.6) is 0 Å². The van der Waals surface area contributed by atoms with E-state index >= 15 is 0 Å². The molecule has 4 nitrogen and oxygen atoms in total. The molecule has 3 rings (SSSR count). The lowest BCUT2D eigenvalue weighted by molar-refractivity contribution is -0.141. The number of fused-ring (bicyclic) bond motifs is 1. The molecule has 0 bridgehead atoms. The summed E-state index contributed by atoms with van der Waals surface area (Å²) in [5, 5.41) is 9.39. The topological polar surface area (TPSA) is 53.7 Å². The number of hydrogen-bond acceptors (Lipinski definition) is 3. The van der Waals surface area contributed by atoms with E-state index in [1.54, 1.807) is 6.26 Å². The number of carboxylic acids is 1. The molecule has 2 aliphatic rings. The van der Waals surface area contributed by atoms with Gasteiger partial charge in [0.1, 0.15) is 5.76 Å². The number of hydrogen-bond donors (Lipinski definition) is 1. The van der Waals surface area contributed by atoms with Gasteiger partial charge < -0.3 is 9.52 Å². The molecule has 21 heavy (non-hydrogen) atoms. The van der Waals surface area contributed by atoms with Gasteiger partial charge >= 0.3 is 5.97 Å². The van der Waals surface area contributed by atoms with Crippen LogP contribution in [0.25, 0.3) is 0 Å². The van der Waals surface area contributed by atoms with Crippen LogP contribution in [0.3, 0.4) is 0 Å². The molecule has 1 fully saturated rings. The second kappa shape index (κ2) is 5.84. The molecule has 1 aromatic rings. The van der Waals surface area contributed by atoms with Crippen LogP contribution in [0.4, 0.5) is 0 Å². The fourth-order valence-corrected chi connectivity index (χ4v) is 4.34. The van der Waals surface area contributed by atoms with E-state index in [1.807, 2.05) is 0 Å². The van der Waals surface area contributed by atoms with Crippen molar-refractivity contribution < 1.29 is 14.3 Å². The highest BCUT2D eigenvalue weighted by molar-refractivity contribution is 5.68. The number of aliphatic carboxylic acids is 1. The number of furan rings is 1. The molecule has 1 aromatic heterocycles. The van der Waals surface area contributed by atoms with Crippen molar-refractivity contribution in [3.8, 4) is 0 Å². The molecular weight excluding hydrogens is 266 g/mol. The smallest absolute Gasteiger partial charge is 0.305 e. The zero-order chi connectivity index (χ0) is 14.9. The van der Waals surface area contributed by atoms with Crippen molar-refractivity contribution in [2.24, 2.45) is 0 Å². The molecule has 116 valence electrons. The number of rotatable bonds is 4. The highest BCUT2D eigenvalue weighted by Crippen LogP contribution is 2.44. The first-order valence-corrected chi connectivity index (χ1v) is 8.13. The van der Waals surface area contributed by atoms with Crippen LogP contribution < -0.4 is 0 Å². The molecule has 1 atom stereocenters. The Balaban J connectivity index is 1.88. The molecule has 0 aliphatic heterocycles. The Morgan fingerprint density at radius 1 is 1.38 bits per heavy atom. The van der Waals surface area contributed by atoms with Crippen LogP contribution in [0.2, 0.25) is 0 Å². The minimum atomic E-state index is -0.674. The van der Waals surface area contributed by atoms with Gasteiger partial charge in [-0.2, -0.15) is 0 Å². The molecule has 4 heteroatoms. The minimum Gasteiger partial charge on any atom is -0.481 e. The highest BCUT2D eigenvalue weighted by Gasteiger charge is 2.42. The summed E-state index contributed by atoms with van der Waals surface area (Å²) < 4.78 is 5.59. The Bertz CT molecular complexity index is 502. The summed E-state index contributed by atoms with van der Waals surface area (Å²) in [5.74, 6) is 0.423. The predicted molar refractivity (Wildman–Crippen MR) is 80.2 cm³/mol. The molecule has 1 unspecified atom stereocenters. The molecule has 2 aliphatic carbocycles. The quantitative estimate of drug-likeness (QED) is 0.917. The maximum atomic E-state index is 11.4. The summed E-state index contributed by atoms with van der Waals surface area (Å²) in [7, 11) is 2.13.